The molecule has 0 aliphatic heterocycles. The first kappa shape index (κ1) is 8.62. The molecule has 0 amide bonds. The van der Waals surface area contributed by atoms with Crippen LogP contribution in [0.5, 0.6) is 0 Å². The SMILES string of the molecule is CC(=O)c1ccc(-n2cncn2)cc1. The number of benzene rings is 1. The van der Waals surface area contributed by atoms with Gasteiger partial charge >= 0.3 is 0 Å². The van der Waals surface area contributed by atoms with Crippen LogP contribution >= 0.6 is 0 Å². The van der Waals surface area contributed by atoms with E-state index in [4.69, 9.17) is 0 Å². The smallest absolute Gasteiger partial charge is 0.159 e. The Labute approximate surface area is 81.2 Å². The number of hydrogen-bond donors (Lipinski definition) is 0. The van der Waals surface area contributed by atoms with Crippen molar-refractivity contribution in [3.63, 3.8) is 0 Å². The number of hydrogen-bond acceptors (Lipinski definition) is 3. The summed E-state index contributed by atoms with van der Waals surface area (Å²) in [5, 5.41) is 3.98. The van der Waals surface area contributed by atoms with Crippen LogP contribution in [0.25, 0.3) is 5.69 Å². The molecular formula is C10H9N3O. The molecule has 0 atom stereocenters. The van der Waals surface area contributed by atoms with Gasteiger partial charge in [0.1, 0.15) is 12.7 Å². The van der Waals surface area contributed by atoms with Crippen LogP contribution in [0, 0.1) is 0 Å². The largest absolute Gasteiger partial charge is 0.295 e. The van der Waals surface area contributed by atoms with Gasteiger partial charge in [-0.25, -0.2) is 9.67 Å². The van der Waals surface area contributed by atoms with Gasteiger partial charge in [-0.3, -0.25) is 4.79 Å². The van der Waals surface area contributed by atoms with Crippen LogP contribution in [-0.2, 0) is 0 Å². The first-order chi connectivity index (χ1) is 6.77. The van der Waals surface area contributed by atoms with Crippen LogP contribution in [0.4, 0.5) is 0 Å². The van der Waals surface area contributed by atoms with Crippen molar-refractivity contribution in [1.82, 2.24) is 14.8 Å². The molecule has 4 nitrogen and oxygen atoms in total. The second-order valence-corrected chi connectivity index (χ2v) is 2.94. The number of nitrogens with zero attached hydrogens (tertiary/aromatic N) is 3. The van der Waals surface area contributed by atoms with E-state index >= 15 is 0 Å². The van der Waals surface area contributed by atoms with Gasteiger partial charge in [-0.15, -0.1) is 0 Å². The van der Waals surface area contributed by atoms with Crippen molar-refractivity contribution in [3.8, 4) is 5.69 Å². The van der Waals surface area contributed by atoms with Gasteiger partial charge < -0.3 is 0 Å². The third-order valence-electron chi connectivity index (χ3n) is 1.96. The molecule has 0 unspecified atom stereocenters. The fraction of sp³-hybridized carbons (Fsp3) is 0.100. The van der Waals surface area contributed by atoms with Crippen molar-refractivity contribution in [3.05, 3.63) is 42.5 Å². The van der Waals surface area contributed by atoms with Crippen molar-refractivity contribution in [2.45, 2.75) is 6.92 Å². The highest BCUT2D eigenvalue weighted by molar-refractivity contribution is 5.94. The molecule has 0 saturated heterocycles. The highest BCUT2D eigenvalue weighted by atomic mass is 16.1. The Bertz CT molecular complexity index is 431. The molecule has 1 aromatic heterocycles. The van der Waals surface area contributed by atoms with Gasteiger partial charge in [-0.1, -0.05) is 0 Å². The lowest BCUT2D eigenvalue weighted by Gasteiger charge is -2.00. The van der Waals surface area contributed by atoms with Crippen LogP contribution in [0.3, 0.4) is 0 Å². The van der Waals surface area contributed by atoms with E-state index in [9.17, 15) is 4.79 Å². The Morgan fingerprint density at radius 1 is 1.29 bits per heavy atom. The highest BCUT2D eigenvalue weighted by Gasteiger charge is 1.99. The molecular weight excluding hydrogens is 178 g/mol. The monoisotopic (exact) mass is 187 g/mol. The second kappa shape index (κ2) is 3.41. The lowest BCUT2D eigenvalue weighted by Crippen LogP contribution is -1.96. The van der Waals surface area contributed by atoms with E-state index in [1.165, 1.54) is 6.33 Å². The molecule has 0 radical (unpaired) electrons. The fourth-order valence-electron chi connectivity index (χ4n) is 1.19. The summed E-state index contributed by atoms with van der Waals surface area (Å²) in [6.07, 6.45) is 3.08. The van der Waals surface area contributed by atoms with E-state index in [0.29, 0.717) is 5.56 Å². The van der Waals surface area contributed by atoms with Crippen molar-refractivity contribution in [2.75, 3.05) is 0 Å². The molecule has 2 rings (SSSR count). The normalized spacial score (nSPS) is 10.1. The minimum Gasteiger partial charge on any atom is -0.295 e. The number of carbonyl (C=O) groups is 1. The van der Waals surface area contributed by atoms with Crippen LogP contribution in [0.15, 0.2) is 36.9 Å². The molecule has 14 heavy (non-hydrogen) atoms. The molecule has 1 aromatic carbocycles. The van der Waals surface area contributed by atoms with E-state index in [0.717, 1.165) is 5.69 Å². The average molecular weight is 187 g/mol. The summed E-state index contributed by atoms with van der Waals surface area (Å²) in [7, 11) is 0. The minimum atomic E-state index is 0.0649. The highest BCUT2D eigenvalue weighted by Crippen LogP contribution is 2.08. The topological polar surface area (TPSA) is 47.8 Å². The lowest BCUT2D eigenvalue weighted by molar-refractivity contribution is 0.101. The van der Waals surface area contributed by atoms with E-state index < -0.39 is 0 Å². The number of aromatic nitrogens is 3. The summed E-state index contributed by atoms with van der Waals surface area (Å²) >= 11 is 0. The Morgan fingerprint density at radius 2 is 2.00 bits per heavy atom. The van der Waals surface area contributed by atoms with Crippen molar-refractivity contribution in [2.24, 2.45) is 0 Å². The summed E-state index contributed by atoms with van der Waals surface area (Å²) in [6.45, 7) is 1.55. The quantitative estimate of drug-likeness (QED) is 0.669. The summed E-state index contributed by atoms with van der Waals surface area (Å²) in [5.74, 6) is 0.0649. The molecule has 0 aliphatic carbocycles. The molecule has 0 fully saturated rings. The average Bonchev–Trinajstić information content (AvgIpc) is 2.71. The first-order valence-corrected chi connectivity index (χ1v) is 4.23. The van der Waals surface area contributed by atoms with Gasteiger partial charge in [-0.2, -0.15) is 5.10 Å². The molecule has 0 bridgehead atoms. The van der Waals surface area contributed by atoms with Gasteiger partial charge in [0.05, 0.1) is 5.69 Å². The third kappa shape index (κ3) is 1.54. The summed E-state index contributed by atoms with van der Waals surface area (Å²) < 4.78 is 1.64. The number of Topliss-reactive ketones (excluding diaryl/α,β-unsaturated/α-hetero) is 1. The predicted octanol–water partition coefficient (Wildman–Crippen LogP) is 1.47. The Morgan fingerprint density at radius 3 is 2.50 bits per heavy atom. The second-order valence-electron chi connectivity index (χ2n) is 2.94. The Balaban J connectivity index is 2.36. The van der Waals surface area contributed by atoms with Crippen molar-refractivity contribution >= 4 is 5.78 Å². The number of rotatable bonds is 2. The van der Waals surface area contributed by atoms with Gasteiger partial charge in [0, 0.05) is 5.56 Å². The van der Waals surface area contributed by atoms with Crippen molar-refractivity contribution < 1.29 is 4.79 Å². The van der Waals surface area contributed by atoms with E-state index in [1.807, 2.05) is 12.1 Å². The van der Waals surface area contributed by atoms with Crippen LogP contribution in [-0.4, -0.2) is 20.5 Å². The van der Waals surface area contributed by atoms with Gasteiger partial charge in [0.15, 0.2) is 5.78 Å². The predicted molar refractivity (Wildman–Crippen MR) is 51.4 cm³/mol. The molecule has 2 aromatic rings. The van der Waals surface area contributed by atoms with Crippen LogP contribution in [0.2, 0.25) is 0 Å². The third-order valence-corrected chi connectivity index (χ3v) is 1.96. The first-order valence-electron chi connectivity index (χ1n) is 4.23. The van der Waals surface area contributed by atoms with E-state index in [-0.39, 0.29) is 5.78 Å². The molecule has 0 spiro atoms. The summed E-state index contributed by atoms with van der Waals surface area (Å²) in [5.41, 5.74) is 1.60. The molecule has 0 N–H and O–H groups in total. The van der Waals surface area contributed by atoms with E-state index in [2.05, 4.69) is 10.1 Å². The Kier molecular flexibility index (Phi) is 2.10. The molecule has 0 aliphatic rings. The maximum Gasteiger partial charge on any atom is 0.159 e. The van der Waals surface area contributed by atoms with Crippen molar-refractivity contribution in [1.29, 1.82) is 0 Å². The maximum absolute atomic E-state index is 11.0. The zero-order valence-corrected chi connectivity index (χ0v) is 7.71. The lowest BCUT2D eigenvalue weighted by atomic mass is 10.1. The number of carbonyl (C=O) groups excluding carboxylic acids is 1. The van der Waals surface area contributed by atoms with Gasteiger partial charge in [-0.05, 0) is 31.2 Å². The zero-order chi connectivity index (χ0) is 9.97. The summed E-state index contributed by atoms with van der Waals surface area (Å²) in [4.78, 5) is 14.8. The molecule has 1 heterocycles. The minimum absolute atomic E-state index is 0.0649. The van der Waals surface area contributed by atoms with Crippen LogP contribution in [0.1, 0.15) is 17.3 Å². The van der Waals surface area contributed by atoms with E-state index in [1.54, 1.807) is 30.1 Å². The fourth-order valence-corrected chi connectivity index (χ4v) is 1.19. The summed E-state index contributed by atoms with van der Waals surface area (Å²) in [6, 6.07) is 7.23. The Hall–Kier alpha value is -1.97. The zero-order valence-electron chi connectivity index (χ0n) is 7.71. The number of ketones is 1. The molecule has 4 heteroatoms. The van der Waals surface area contributed by atoms with Crippen LogP contribution < -0.4 is 0 Å². The molecule has 0 saturated carbocycles. The standard InChI is InChI=1S/C10H9N3O/c1-8(14)9-2-4-10(5-3-9)13-7-11-6-12-13/h2-7H,1H3. The maximum atomic E-state index is 11.0. The molecule has 70 valence electrons. The van der Waals surface area contributed by atoms with Gasteiger partial charge in [0.2, 0.25) is 0 Å². The van der Waals surface area contributed by atoms with Gasteiger partial charge in [0.25, 0.3) is 0 Å².